The van der Waals surface area contributed by atoms with Crippen LogP contribution in [-0.4, -0.2) is 8.75 Å². The summed E-state index contributed by atoms with van der Waals surface area (Å²) in [5, 5.41) is 1.67. The Balaban J connectivity index is 2.46. The van der Waals surface area contributed by atoms with Crippen molar-refractivity contribution >= 4 is 57.6 Å². The van der Waals surface area contributed by atoms with Gasteiger partial charge in [-0.25, -0.2) is 0 Å². The van der Waals surface area contributed by atoms with Gasteiger partial charge in [-0.1, -0.05) is 46.9 Å². The summed E-state index contributed by atoms with van der Waals surface area (Å²) in [7, 11) is 0. The molecule has 2 aromatic carbocycles. The Labute approximate surface area is 129 Å². The fraction of sp³-hybridized carbons (Fsp3) is 0.0769. The normalized spacial score (nSPS) is 11.2. The largest absolute Gasteiger partial charge is 0.172 e. The zero-order chi connectivity index (χ0) is 13.6. The lowest BCUT2D eigenvalue weighted by molar-refractivity contribution is 1.46. The highest BCUT2D eigenvalue weighted by Crippen LogP contribution is 2.42. The van der Waals surface area contributed by atoms with Crippen molar-refractivity contribution < 1.29 is 0 Å². The number of fused-ring (bicyclic) bond motifs is 1. The molecule has 0 fully saturated rings. The summed E-state index contributed by atoms with van der Waals surface area (Å²) in [6, 6.07) is 7.41. The first-order chi connectivity index (χ1) is 9.09. The lowest BCUT2D eigenvalue weighted by Gasteiger charge is -2.11. The van der Waals surface area contributed by atoms with E-state index in [9.17, 15) is 0 Å². The molecule has 0 amide bonds. The maximum absolute atomic E-state index is 6.34. The third-order valence-electron chi connectivity index (χ3n) is 2.92. The molecule has 0 aliphatic rings. The van der Waals surface area contributed by atoms with Crippen LogP contribution in [0.1, 0.15) is 5.56 Å². The standard InChI is InChI=1S/C13H7Cl3N2S/c1-6-3-2-4-7(14)10(6)11-8(15)5-9(16)12-13(11)18-19-17-12/h2-5H,1H3. The smallest absolute Gasteiger partial charge is 0.124 e. The van der Waals surface area contributed by atoms with E-state index in [0.29, 0.717) is 26.1 Å². The van der Waals surface area contributed by atoms with Crippen molar-refractivity contribution in [3.8, 4) is 11.1 Å². The molecule has 96 valence electrons. The van der Waals surface area contributed by atoms with E-state index in [0.717, 1.165) is 28.4 Å². The van der Waals surface area contributed by atoms with Gasteiger partial charge in [0.2, 0.25) is 0 Å². The van der Waals surface area contributed by atoms with E-state index in [1.54, 1.807) is 6.07 Å². The van der Waals surface area contributed by atoms with Gasteiger partial charge in [-0.05, 0) is 24.6 Å². The Kier molecular flexibility index (Phi) is 3.39. The van der Waals surface area contributed by atoms with Crippen molar-refractivity contribution in [2.45, 2.75) is 6.92 Å². The van der Waals surface area contributed by atoms with Crippen LogP contribution in [0.3, 0.4) is 0 Å². The lowest BCUT2D eigenvalue weighted by Crippen LogP contribution is -1.89. The average Bonchev–Trinajstić information content (AvgIpc) is 2.82. The molecule has 0 unspecified atom stereocenters. The highest BCUT2D eigenvalue weighted by atomic mass is 35.5. The van der Waals surface area contributed by atoms with E-state index in [1.165, 1.54) is 0 Å². The van der Waals surface area contributed by atoms with Crippen molar-refractivity contribution in [1.29, 1.82) is 0 Å². The van der Waals surface area contributed by atoms with Crippen LogP contribution in [0.25, 0.3) is 22.2 Å². The summed E-state index contributed by atoms with van der Waals surface area (Å²) >= 11 is 19.9. The molecule has 3 aromatic rings. The summed E-state index contributed by atoms with van der Waals surface area (Å²) in [4.78, 5) is 0. The Morgan fingerprint density at radius 3 is 2.37 bits per heavy atom. The van der Waals surface area contributed by atoms with Crippen LogP contribution in [0.2, 0.25) is 15.1 Å². The van der Waals surface area contributed by atoms with Crippen LogP contribution in [0.5, 0.6) is 0 Å². The van der Waals surface area contributed by atoms with Gasteiger partial charge in [0, 0.05) is 16.1 Å². The molecule has 0 spiro atoms. The molecule has 0 atom stereocenters. The summed E-state index contributed by atoms with van der Waals surface area (Å²) in [6.07, 6.45) is 0. The van der Waals surface area contributed by atoms with E-state index in [4.69, 9.17) is 34.8 Å². The number of halogens is 3. The summed E-state index contributed by atoms with van der Waals surface area (Å²) in [5.74, 6) is 0. The summed E-state index contributed by atoms with van der Waals surface area (Å²) < 4.78 is 8.50. The van der Waals surface area contributed by atoms with Gasteiger partial charge in [0.15, 0.2) is 0 Å². The molecular weight excluding hydrogens is 323 g/mol. The second-order valence-electron chi connectivity index (χ2n) is 4.11. The number of rotatable bonds is 1. The van der Waals surface area contributed by atoms with E-state index < -0.39 is 0 Å². The molecule has 0 aliphatic carbocycles. The zero-order valence-corrected chi connectivity index (χ0v) is 12.8. The number of aryl methyl sites for hydroxylation is 1. The first-order valence-corrected chi connectivity index (χ1v) is 7.31. The van der Waals surface area contributed by atoms with E-state index in [2.05, 4.69) is 8.75 Å². The number of aromatic nitrogens is 2. The predicted octanol–water partition coefficient (Wildman–Crippen LogP) is 5.63. The summed E-state index contributed by atoms with van der Waals surface area (Å²) in [6.45, 7) is 1.98. The quantitative estimate of drug-likeness (QED) is 0.578. The minimum absolute atomic E-state index is 0.502. The fourth-order valence-corrected chi connectivity index (χ4v) is 3.58. The van der Waals surface area contributed by atoms with Crippen LogP contribution in [-0.2, 0) is 0 Å². The molecule has 1 heterocycles. The molecule has 6 heteroatoms. The number of benzene rings is 2. The minimum Gasteiger partial charge on any atom is -0.172 e. The minimum atomic E-state index is 0.502. The van der Waals surface area contributed by atoms with Crippen LogP contribution in [0.4, 0.5) is 0 Å². The monoisotopic (exact) mass is 328 g/mol. The Morgan fingerprint density at radius 1 is 0.895 bits per heavy atom. The van der Waals surface area contributed by atoms with Gasteiger partial charge in [-0.3, -0.25) is 0 Å². The first kappa shape index (κ1) is 13.1. The first-order valence-electron chi connectivity index (χ1n) is 5.45. The van der Waals surface area contributed by atoms with Gasteiger partial charge in [-0.15, -0.1) is 0 Å². The lowest BCUT2D eigenvalue weighted by atomic mass is 9.99. The highest BCUT2D eigenvalue weighted by Gasteiger charge is 2.18. The Bertz CT molecular complexity index is 763. The molecule has 0 saturated heterocycles. The molecule has 0 bridgehead atoms. The van der Waals surface area contributed by atoms with Crippen molar-refractivity contribution in [2.75, 3.05) is 0 Å². The number of nitrogens with zero attached hydrogens (tertiary/aromatic N) is 2. The molecule has 2 nitrogen and oxygen atoms in total. The van der Waals surface area contributed by atoms with Gasteiger partial charge < -0.3 is 0 Å². The van der Waals surface area contributed by atoms with Crippen molar-refractivity contribution in [1.82, 2.24) is 8.75 Å². The third-order valence-corrected chi connectivity index (χ3v) is 4.35. The van der Waals surface area contributed by atoms with E-state index >= 15 is 0 Å². The molecule has 1 aromatic heterocycles. The molecule has 0 radical (unpaired) electrons. The molecular formula is C13H7Cl3N2S. The van der Waals surface area contributed by atoms with Crippen molar-refractivity contribution in [3.05, 3.63) is 44.9 Å². The van der Waals surface area contributed by atoms with Crippen molar-refractivity contribution in [3.63, 3.8) is 0 Å². The van der Waals surface area contributed by atoms with E-state index in [1.807, 2.05) is 25.1 Å². The fourth-order valence-electron chi connectivity index (χ4n) is 2.06. The van der Waals surface area contributed by atoms with Crippen LogP contribution in [0, 0.1) is 6.92 Å². The Hall–Kier alpha value is -0.870. The van der Waals surface area contributed by atoms with Crippen LogP contribution < -0.4 is 0 Å². The number of hydrogen-bond donors (Lipinski definition) is 0. The molecule has 0 N–H and O–H groups in total. The number of hydrogen-bond acceptors (Lipinski definition) is 3. The van der Waals surface area contributed by atoms with Gasteiger partial charge in [0.25, 0.3) is 0 Å². The Morgan fingerprint density at radius 2 is 1.63 bits per heavy atom. The second-order valence-corrected chi connectivity index (χ2v) is 5.86. The van der Waals surface area contributed by atoms with E-state index in [-0.39, 0.29) is 0 Å². The predicted molar refractivity (Wildman–Crippen MR) is 82.6 cm³/mol. The van der Waals surface area contributed by atoms with Gasteiger partial charge in [0.05, 0.1) is 21.8 Å². The van der Waals surface area contributed by atoms with Crippen molar-refractivity contribution in [2.24, 2.45) is 0 Å². The van der Waals surface area contributed by atoms with Gasteiger partial charge in [0.1, 0.15) is 11.0 Å². The maximum Gasteiger partial charge on any atom is 0.124 e. The molecule has 3 rings (SSSR count). The SMILES string of the molecule is Cc1cccc(Cl)c1-c1c(Cl)cc(Cl)c2nsnc12. The highest BCUT2D eigenvalue weighted by molar-refractivity contribution is 7.00. The molecule has 0 saturated carbocycles. The van der Waals surface area contributed by atoms with Gasteiger partial charge in [-0.2, -0.15) is 8.75 Å². The molecule has 19 heavy (non-hydrogen) atoms. The third kappa shape index (κ3) is 2.11. The average molecular weight is 330 g/mol. The summed E-state index contributed by atoms with van der Waals surface area (Å²) in [5.41, 5.74) is 4.05. The molecule has 0 aliphatic heterocycles. The van der Waals surface area contributed by atoms with Crippen LogP contribution in [0.15, 0.2) is 24.3 Å². The topological polar surface area (TPSA) is 25.8 Å². The van der Waals surface area contributed by atoms with Crippen LogP contribution >= 0.6 is 46.5 Å². The van der Waals surface area contributed by atoms with Gasteiger partial charge >= 0.3 is 0 Å². The zero-order valence-electron chi connectivity index (χ0n) is 9.75. The maximum atomic E-state index is 6.34. The second kappa shape index (κ2) is 4.91.